The summed E-state index contributed by atoms with van der Waals surface area (Å²) < 4.78 is 9.54. The Balaban J connectivity index is 1.74. The maximum Gasteiger partial charge on any atom is 0.332 e. The summed E-state index contributed by atoms with van der Waals surface area (Å²) in [4.78, 5) is 29.9. The van der Waals surface area contributed by atoms with Gasteiger partial charge < -0.3 is 4.74 Å². The van der Waals surface area contributed by atoms with Crippen molar-refractivity contribution >= 4 is 34.9 Å². The minimum atomic E-state index is -0.454. The zero-order valence-electron chi connectivity index (χ0n) is 18.4. The van der Waals surface area contributed by atoms with E-state index < -0.39 is 11.2 Å². The van der Waals surface area contributed by atoms with E-state index in [4.69, 9.17) is 16.3 Å². The average molecular weight is 467 g/mol. The van der Waals surface area contributed by atoms with Gasteiger partial charge in [0.05, 0.1) is 19.4 Å². The number of ether oxygens (including phenoxy) is 1. The first-order valence-corrected chi connectivity index (χ1v) is 10.7. The topological polar surface area (TPSA) is 95.4 Å². The third kappa shape index (κ3) is 4.54. The molecule has 0 saturated carbocycles. The lowest BCUT2D eigenvalue weighted by molar-refractivity contribution is 0.340. The monoisotopic (exact) mass is 466 g/mol. The standard InChI is InChI=1S/C23H23ClN6O3/c1-4-33-18-10-8-15(9-11-18)13-25-27-22-26-20-19(21(31)29(3)23(32)28(20)2)30(22)14-16-6-5-7-17(24)12-16/h5-13H,4,14H2,1-3H3,(H,26,27)/b25-13-. The molecule has 0 aliphatic rings. The van der Waals surface area contributed by atoms with Crippen molar-refractivity contribution in [3.8, 4) is 5.75 Å². The van der Waals surface area contributed by atoms with Gasteiger partial charge in [0.1, 0.15) is 5.75 Å². The van der Waals surface area contributed by atoms with E-state index in [-0.39, 0.29) is 5.65 Å². The molecule has 1 N–H and O–H groups in total. The van der Waals surface area contributed by atoms with Crippen LogP contribution >= 0.6 is 11.6 Å². The molecule has 0 fully saturated rings. The van der Waals surface area contributed by atoms with Crippen LogP contribution < -0.4 is 21.4 Å². The molecular formula is C23H23ClN6O3. The molecule has 170 valence electrons. The van der Waals surface area contributed by atoms with Crippen LogP contribution in [0.5, 0.6) is 5.75 Å². The maximum atomic E-state index is 13.0. The number of hydrogen-bond acceptors (Lipinski definition) is 6. The molecule has 0 amide bonds. The lowest BCUT2D eigenvalue weighted by Crippen LogP contribution is -2.37. The minimum Gasteiger partial charge on any atom is -0.494 e. The number of rotatable bonds is 7. The van der Waals surface area contributed by atoms with Gasteiger partial charge in [0, 0.05) is 19.1 Å². The van der Waals surface area contributed by atoms with Gasteiger partial charge in [-0.25, -0.2) is 10.2 Å². The molecule has 0 bridgehead atoms. The number of hydrazone groups is 1. The largest absolute Gasteiger partial charge is 0.494 e. The summed E-state index contributed by atoms with van der Waals surface area (Å²) in [5, 5.41) is 4.87. The third-order valence-electron chi connectivity index (χ3n) is 5.15. The summed E-state index contributed by atoms with van der Waals surface area (Å²) >= 11 is 6.14. The van der Waals surface area contributed by atoms with Crippen molar-refractivity contribution in [1.29, 1.82) is 0 Å². The Bertz CT molecular complexity index is 1450. The maximum absolute atomic E-state index is 13.0. The van der Waals surface area contributed by atoms with Crippen LogP contribution in [0.25, 0.3) is 11.2 Å². The number of imidazole rings is 1. The van der Waals surface area contributed by atoms with Crippen molar-refractivity contribution in [2.24, 2.45) is 19.2 Å². The van der Waals surface area contributed by atoms with Gasteiger partial charge in [0.2, 0.25) is 5.95 Å². The summed E-state index contributed by atoms with van der Waals surface area (Å²) in [6, 6.07) is 14.8. The van der Waals surface area contributed by atoms with Gasteiger partial charge in [-0.05, 0) is 54.4 Å². The van der Waals surface area contributed by atoms with Crippen molar-refractivity contribution in [2.75, 3.05) is 12.0 Å². The molecule has 0 spiro atoms. The number of halogens is 1. The summed E-state index contributed by atoms with van der Waals surface area (Å²) in [5.41, 5.74) is 4.30. The Kier molecular flexibility index (Phi) is 6.32. The molecular weight excluding hydrogens is 444 g/mol. The van der Waals surface area contributed by atoms with Gasteiger partial charge in [-0.1, -0.05) is 23.7 Å². The van der Waals surface area contributed by atoms with E-state index in [2.05, 4.69) is 15.5 Å². The fraction of sp³-hybridized carbons (Fsp3) is 0.217. The average Bonchev–Trinajstić information content (AvgIpc) is 3.16. The molecule has 0 aliphatic heterocycles. The second-order valence-electron chi connectivity index (χ2n) is 7.40. The number of aromatic nitrogens is 4. The summed E-state index contributed by atoms with van der Waals surface area (Å²) in [5.74, 6) is 1.10. The molecule has 0 saturated heterocycles. The molecule has 2 aromatic carbocycles. The number of hydrogen-bond donors (Lipinski definition) is 1. The first-order chi connectivity index (χ1) is 15.9. The van der Waals surface area contributed by atoms with Crippen LogP contribution in [0, 0.1) is 0 Å². The lowest BCUT2D eigenvalue weighted by Gasteiger charge is -2.09. The number of anilines is 1. The highest BCUT2D eigenvalue weighted by molar-refractivity contribution is 6.30. The second-order valence-corrected chi connectivity index (χ2v) is 7.84. The van der Waals surface area contributed by atoms with E-state index in [0.717, 1.165) is 21.4 Å². The normalized spacial score (nSPS) is 11.4. The van der Waals surface area contributed by atoms with Crippen molar-refractivity contribution in [1.82, 2.24) is 18.7 Å². The molecule has 0 unspecified atom stereocenters. The Hall–Kier alpha value is -3.85. The van der Waals surface area contributed by atoms with Crippen LogP contribution in [0.4, 0.5) is 5.95 Å². The second kappa shape index (κ2) is 9.33. The van der Waals surface area contributed by atoms with Crippen LogP contribution in [-0.2, 0) is 20.6 Å². The van der Waals surface area contributed by atoms with Gasteiger partial charge in [-0.2, -0.15) is 10.1 Å². The smallest absolute Gasteiger partial charge is 0.332 e. The molecule has 0 aliphatic carbocycles. The van der Waals surface area contributed by atoms with Crippen molar-refractivity contribution in [3.63, 3.8) is 0 Å². The molecule has 10 heteroatoms. The van der Waals surface area contributed by atoms with Crippen LogP contribution in [-0.4, -0.2) is 31.5 Å². The van der Waals surface area contributed by atoms with Crippen molar-refractivity contribution in [2.45, 2.75) is 13.5 Å². The predicted molar refractivity (Wildman–Crippen MR) is 130 cm³/mol. The number of fused-ring (bicyclic) bond motifs is 1. The summed E-state index contributed by atoms with van der Waals surface area (Å²) in [6.45, 7) is 2.84. The zero-order valence-corrected chi connectivity index (χ0v) is 19.2. The number of nitrogens with one attached hydrogen (secondary N) is 1. The fourth-order valence-electron chi connectivity index (χ4n) is 3.49. The Morgan fingerprint density at radius 2 is 1.88 bits per heavy atom. The van der Waals surface area contributed by atoms with Crippen LogP contribution in [0.3, 0.4) is 0 Å². The van der Waals surface area contributed by atoms with E-state index >= 15 is 0 Å². The molecule has 2 heterocycles. The van der Waals surface area contributed by atoms with E-state index in [1.54, 1.807) is 23.9 Å². The molecule has 0 atom stereocenters. The SMILES string of the molecule is CCOc1ccc(/C=N\Nc2nc3c(c(=O)n(C)c(=O)n3C)n2Cc2cccc(Cl)c2)cc1. The number of nitrogens with zero attached hydrogens (tertiary/aromatic N) is 5. The van der Waals surface area contributed by atoms with Crippen molar-refractivity contribution < 1.29 is 4.74 Å². The number of aryl methyl sites for hydroxylation is 1. The minimum absolute atomic E-state index is 0.267. The summed E-state index contributed by atoms with van der Waals surface area (Å²) in [6.07, 6.45) is 1.63. The van der Waals surface area contributed by atoms with Gasteiger partial charge in [-0.15, -0.1) is 0 Å². The highest BCUT2D eigenvalue weighted by Gasteiger charge is 2.19. The van der Waals surface area contributed by atoms with E-state index in [1.165, 1.54) is 11.6 Å². The Morgan fingerprint density at radius 3 is 2.58 bits per heavy atom. The van der Waals surface area contributed by atoms with Crippen molar-refractivity contribution in [3.05, 3.63) is 85.5 Å². The molecule has 4 rings (SSSR count). The highest BCUT2D eigenvalue weighted by atomic mass is 35.5. The molecule has 0 radical (unpaired) electrons. The van der Waals surface area contributed by atoms with Gasteiger partial charge in [0.25, 0.3) is 5.56 Å². The highest BCUT2D eigenvalue weighted by Crippen LogP contribution is 2.20. The fourth-order valence-corrected chi connectivity index (χ4v) is 3.70. The molecule has 33 heavy (non-hydrogen) atoms. The van der Waals surface area contributed by atoms with Crippen LogP contribution in [0.15, 0.2) is 63.2 Å². The van der Waals surface area contributed by atoms with E-state index in [9.17, 15) is 9.59 Å². The predicted octanol–water partition coefficient (Wildman–Crippen LogP) is 2.98. The first-order valence-electron chi connectivity index (χ1n) is 10.3. The molecule has 2 aromatic heterocycles. The summed E-state index contributed by atoms with van der Waals surface area (Å²) in [7, 11) is 3.02. The molecule has 4 aromatic rings. The Labute approximate surface area is 194 Å². The number of benzene rings is 2. The lowest BCUT2D eigenvalue weighted by atomic mass is 10.2. The quantitative estimate of drug-likeness (QED) is 0.333. The van der Waals surface area contributed by atoms with E-state index in [1.807, 2.05) is 49.4 Å². The van der Waals surface area contributed by atoms with Crippen LogP contribution in [0.2, 0.25) is 5.02 Å². The van der Waals surface area contributed by atoms with Gasteiger partial charge in [0.15, 0.2) is 11.2 Å². The molecule has 9 nitrogen and oxygen atoms in total. The van der Waals surface area contributed by atoms with Gasteiger partial charge in [-0.3, -0.25) is 18.5 Å². The first kappa shape index (κ1) is 22.3. The zero-order chi connectivity index (χ0) is 23.5. The Morgan fingerprint density at radius 1 is 1.12 bits per heavy atom. The van der Waals surface area contributed by atoms with Crippen LogP contribution in [0.1, 0.15) is 18.1 Å². The third-order valence-corrected chi connectivity index (χ3v) is 5.38. The van der Waals surface area contributed by atoms with Gasteiger partial charge >= 0.3 is 5.69 Å². The van der Waals surface area contributed by atoms with E-state index in [0.29, 0.717) is 29.6 Å².